The van der Waals surface area contributed by atoms with Crippen molar-refractivity contribution in [3.05, 3.63) is 70.2 Å². The molecule has 0 radical (unpaired) electrons. The Kier molecular flexibility index (Phi) is 4.15. The van der Waals surface area contributed by atoms with Gasteiger partial charge < -0.3 is 5.11 Å². The number of rotatable bonds is 4. The molecule has 2 nitrogen and oxygen atoms in total. The van der Waals surface area contributed by atoms with Gasteiger partial charge in [-0.15, -0.1) is 0 Å². The summed E-state index contributed by atoms with van der Waals surface area (Å²) in [5, 5.41) is 10.3. The second-order valence-corrected chi connectivity index (χ2v) is 5.63. The minimum atomic E-state index is -0.990. The molecule has 0 aromatic heterocycles. The molecule has 3 heteroatoms. The van der Waals surface area contributed by atoms with E-state index in [4.69, 9.17) is 11.6 Å². The molecular weight excluding hydrogens is 272 g/mol. The van der Waals surface area contributed by atoms with Gasteiger partial charge in [0.25, 0.3) is 0 Å². The van der Waals surface area contributed by atoms with Crippen LogP contribution in [-0.2, 0) is 16.6 Å². The summed E-state index contributed by atoms with van der Waals surface area (Å²) in [7, 11) is 0. The molecule has 2 rings (SSSR count). The van der Waals surface area contributed by atoms with E-state index in [2.05, 4.69) is 0 Å². The molecule has 0 amide bonds. The van der Waals surface area contributed by atoms with E-state index in [1.165, 1.54) is 0 Å². The smallest absolute Gasteiger partial charge is 0.314 e. The Balaban J connectivity index is 2.49. The minimum absolute atomic E-state index is 0.368. The van der Waals surface area contributed by atoms with Crippen LogP contribution >= 0.6 is 11.6 Å². The van der Waals surface area contributed by atoms with Crippen LogP contribution in [0, 0.1) is 6.92 Å². The molecule has 0 aliphatic heterocycles. The zero-order chi connectivity index (χ0) is 14.8. The van der Waals surface area contributed by atoms with Crippen molar-refractivity contribution in [1.82, 2.24) is 0 Å². The van der Waals surface area contributed by atoms with E-state index in [9.17, 15) is 9.90 Å². The molecule has 0 spiro atoms. The van der Waals surface area contributed by atoms with E-state index in [-0.39, 0.29) is 0 Å². The van der Waals surface area contributed by atoms with Crippen LogP contribution in [0.2, 0.25) is 5.02 Å². The first-order chi connectivity index (χ1) is 9.45. The number of aliphatic carboxylic acids is 1. The fourth-order valence-corrected chi connectivity index (χ4v) is 2.70. The number of halogens is 1. The largest absolute Gasteiger partial charge is 0.481 e. The molecule has 0 heterocycles. The van der Waals surface area contributed by atoms with E-state index in [1.807, 2.05) is 49.4 Å². The van der Waals surface area contributed by atoms with Crippen molar-refractivity contribution >= 4 is 17.6 Å². The van der Waals surface area contributed by atoms with Gasteiger partial charge in [0, 0.05) is 5.02 Å². The quantitative estimate of drug-likeness (QED) is 0.914. The van der Waals surface area contributed by atoms with Crippen LogP contribution in [0.4, 0.5) is 0 Å². The molecule has 104 valence electrons. The van der Waals surface area contributed by atoms with Gasteiger partial charge in [-0.3, -0.25) is 4.79 Å². The van der Waals surface area contributed by atoms with Gasteiger partial charge in [-0.05, 0) is 43.0 Å². The molecule has 0 aliphatic carbocycles. The average Bonchev–Trinajstić information content (AvgIpc) is 2.41. The molecule has 2 aromatic rings. The highest BCUT2D eigenvalue weighted by Crippen LogP contribution is 2.33. The van der Waals surface area contributed by atoms with E-state index >= 15 is 0 Å². The van der Waals surface area contributed by atoms with Crippen molar-refractivity contribution in [1.29, 1.82) is 0 Å². The molecule has 2 aromatic carbocycles. The molecule has 1 N–H and O–H groups in total. The van der Waals surface area contributed by atoms with Gasteiger partial charge in [-0.2, -0.15) is 0 Å². The summed E-state index contributed by atoms with van der Waals surface area (Å²) >= 11 is 6.17. The van der Waals surface area contributed by atoms with Gasteiger partial charge in [0.1, 0.15) is 0 Å². The third kappa shape index (κ3) is 2.70. The molecule has 1 atom stereocenters. The lowest BCUT2D eigenvalue weighted by Gasteiger charge is -2.27. The highest BCUT2D eigenvalue weighted by Gasteiger charge is 2.36. The Hall–Kier alpha value is -1.80. The first-order valence-electron chi connectivity index (χ1n) is 6.48. The van der Waals surface area contributed by atoms with Crippen molar-refractivity contribution in [2.24, 2.45) is 0 Å². The lowest BCUT2D eigenvalue weighted by molar-refractivity contribution is -0.143. The number of benzene rings is 2. The van der Waals surface area contributed by atoms with Crippen LogP contribution in [0.15, 0.2) is 48.5 Å². The predicted octanol–water partition coefficient (Wildman–Crippen LogP) is 4.23. The molecule has 20 heavy (non-hydrogen) atoms. The first kappa shape index (κ1) is 14.6. The predicted molar refractivity (Wildman–Crippen MR) is 81.3 cm³/mol. The summed E-state index contributed by atoms with van der Waals surface area (Å²) < 4.78 is 0. The number of hydrogen-bond acceptors (Lipinski definition) is 1. The fraction of sp³-hybridized carbons (Fsp3) is 0.235. The third-order valence-corrected chi connectivity index (χ3v) is 4.08. The highest BCUT2D eigenvalue weighted by molar-refractivity contribution is 6.31. The maximum atomic E-state index is 11.8. The Morgan fingerprint density at radius 3 is 2.35 bits per heavy atom. The van der Waals surface area contributed by atoms with E-state index in [1.54, 1.807) is 13.0 Å². The summed E-state index contributed by atoms with van der Waals surface area (Å²) in [5.41, 5.74) is 1.66. The Morgan fingerprint density at radius 2 is 1.75 bits per heavy atom. The number of carboxylic acids is 1. The average molecular weight is 289 g/mol. The maximum Gasteiger partial charge on any atom is 0.314 e. The number of aryl methyl sites for hydroxylation is 1. The zero-order valence-electron chi connectivity index (χ0n) is 11.6. The van der Waals surface area contributed by atoms with E-state index in [0.29, 0.717) is 11.4 Å². The van der Waals surface area contributed by atoms with Gasteiger partial charge in [0.15, 0.2) is 0 Å². The van der Waals surface area contributed by atoms with Crippen LogP contribution in [-0.4, -0.2) is 11.1 Å². The summed E-state index contributed by atoms with van der Waals surface area (Å²) in [6.45, 7) is 3.68. The van der Waals surface area contributed by atoms with E-state index < -0.39 is 11.4 Å². The maximum absolute atomic E-state index is 11.8. The molecule has 0 saturated heterocycles. The third-order valence-electron chi connectivity index (χ3n) is 3.71. The second kappa shape index (κ2) is 5.68. The number of carboxylic acid groups (broad SMARTS) is 1. The summed E-state index contributed by atoms with van der Waals surface area (Å²) in [5.74, 6) is -0.841. The van der Waals surface area contributed by atoms with Crippen molar-refractivity contribution in [2.75, 3.05) is 0 Å². The second-order valence-electron chi connectivity index (χ2n) is 5.22. The van der Waals surface area contributed by atoms with Gasteiger partial charge in [0.2, 0.25) is 0 Å². The molecule has 0 bridgehead atoms. The molecule has 0 saturated carbocycles. The standard InChI is InChI=1S/C17H17ClO2/c1-12-7-3-5-9-14(12)17(2,16(19)20)11-13-8-4-6-10-15(13)18/h3-10H,11H2,1-2H3,(H,19,20). The zero-order valence-corrected chi connectivity index (χ0v) is 12.3. The van der Waals surface area contributed by atoms with Crippen LogP contribution in [0.5, 0.6) is 0 Å². The first-order valence-corrected chi connectivity index (χ1v) is 6.86. The number of carbonyl (C=O) groups is 1. The van der Waals surface area contributed by atoms with Gasteiger partial charge in [0.05, 0.1) is 5.41 Å². The monoisotopic (exact) mass is 288 g/mol. The fourth-order valence-electron chi connectivity index (χ4n) is 2.50. The van der Waals surface area contributed by atoms with Crippen molar-refractivity contribution in [3.63, 3.8) is 0 Å². The summed E-state index contributed by atoms with van der Waals surface area (Å²) in [4.78, 5) is 11.8. The van der Waals surface area contributed by atoms with Crippen molar-refractivity contribution < 1.29 is 9.90 Å². The topological polar surface area (TPSA) is 37.3 Å². The Morgan fingerprint density at radius 1 is 1.15 bits per heavy atom. The highest BCUT2D eigenvalue weighted by atomic mass is 35.5. The SMILES string of the molecule is Cc1ccccc1C(C)(Cc1ccccc1Cl)C(=O)O. The van der Waals surface area contributed by atoms with E-state index in [0.717, 1.165) is 16.7 Å². The number of hydrogen-bond donors (Lipinski definition) is 1. The lowest BCUT2D eigenvalue weighted by atomic mass is 9.75. The molecule has 1 unspecified atom stereocenters. The summed E-state index contributed by atoms with van der Waals surface area (Å²) in [6.07, 6.45) is 0.368. The van der Waals surface area contributed by atoms with Crippen LogP contribution in [0.1, 0.15) is 23.6 Å². The Labute approximate surface area is 124 Å². The van der Waals surface area contributed by atoms with Crippen molar-refractivity contribution in [2.45, 2.75) is 25.7 Å². The van der Waals surface area contributed by atoms with Crippen LogP contribution < -0.4 is 0 Å². The van der Waals surface area contributed by atoms with Crippen LogP contribution in [0.3, 0.4) is 0 Å². The van der Waals surface area contributed by atoms with Gasteiger partial charge >= 0.3 is 5.97 Å². The van der Waals surface area contributed by atoms with Gasteiger partial charge in [-0.25, -0.2) is 0 Å². The molecular formula is C17H17ClO2. The lowest BCUT2D eigenvalue weighted by Crippen LogP contribution is -2.35. The van der Waals surface area contributed by atoms with Crippen molar-refractivity contribution in [3.8, 4) is 0 Å². The molecule has 0 fully saturated rings. The van der Waals surface area contributed by atoms with Gasteiger partial charge in [-0.1, -0.05) is 54.1 Å². The molecule has 0 aliphatic rings. The minimum Gasteiger partial charge on any atom is -0.481 e. The Bertz CT molecular complexity index is 636. The van der Waals surface area contributed by atoms with Crippen LogP contribution in [0.25, 0.3) is 0 Å². The summed E-state index contributed by atoms with van der Waals surface area (Å²) in [6, 6.07) is 15.0. The normalized spacial score (nSPS) is 13.8.